The van der Waals surface area contributed by atoms with Crippen LogP contribution in [-0.4, -0.2) is 32.4 Å². The summed E-state index contributed by atoms with van der Waals surface area (Å²) in [7, 11) is 1.76. The number of hydrogen-bond donors (Lipinski definition) is 0. The van der Waals surface area contributed by atoms with Crippen molar-refractivity contribution in [2.75, 3.05) is 7.05 Å². The summed E-state index contributed by atoms with van der Waals surface area (Å²) in [5.41, 5.74) is 2.51. The third kappa shape index (κ3) is 3.53. The summed E-state index contributed by atoms with van der Waals surface area (Å²) in [5.74, 6) is -0.0319. The van der Waals surface area contributed by atoms with Gasteiger partial charge in [-0.2, -0.15) is 0 Å². The highest BCUT2D eigenvalue weighted by molar-refractivity contribution is 7.18. The Bertz CT molecular complexity index is 1200. The third-order valence-electron chi connectivity index (χ3n) is 4.76. The molecule has 0 fully saturated rings. The molecule has 1 amide bonds. The maximum absolute atomic E-state index is 12.6. The summed E-state index contributed by atoms with van der Waals surface area (Å²) in [6.45, 7) is 2.70. The number of carbonyl (C=O) groups is 1. The van der Waals surface area contributed by atoms with Crippen molar-refractivity contribution in [2.45, 2.75) is 26.4 Å². The zero-order valence-electron chi connectivity index (χ0n) is 15.8. The predicted octanol–water partition coefficient (Wildman–Crippen LogP) is 3.36. The molecule has 0 bridgehead atoms. The molecule has 0 aliphatic carbocycles. The highest BCUT2D eigenvalue weighted by Crippen LogP contribution is 2.22. The minimum Gasteiger partial charge on any atom is -0.339 e. The summed E-state index contributed by atoms with van der Waals surface area (Å²) in [6, 6.07) is 13.5. The number of carbonyl (C=O) groups excluding carboxylic acids is 1. The Balaban J connectivity index is 1.44. The summed E-state index contributed by atoms with van der Waals surface area (Å²) in [5, 5.41) is 1.48. The minimum absolute atomic E-state index is 0.0319. The molecule has 0 atom stereocenters. The molecule has 6 nitrogen and oxygen atoms in total. The van der Waals surface area contributed by atoms with Crippen molar-refractivity contribution >= 4 is 38.4 Å². The van der Waals surface area contributed by atoms with Gasteiger partial charge in [-0.05, 0) is 30.7 Å². The average Bonchev–Trinajstić information content (AvgIpc) is 3.10. The molecule has 0 unspecified atom stereocenters. The number of amides is 1. The second-order valence-corrected chi connectivity index (χ2v) is 7.90. The summed E-state index contributed by atoms with van der Waals surface area (Å²) in [6.07, 6.45) is 1.76. The van der Waals surface area contributed by atoms with E-state index in [2.05, 4.69) is 9.97 Å². The first-order valence-electron chi connectivity index (χ1n) is 9.06. The van der Waals surface area contributed by atoms with E-state index in [9.17, 15) is 9.59 Å². The molecule has 2 aromatic heterocycles. The largest absolute Gasteiger partial charge is 0.339 e. The van der Waals surface area contributed by atoms with Crippen LogP contribution in [0, 0.1) is 6.92 Å². The van der Waals surface area contributed by atoms with Crippen molar-refractivity contribution in [1.82, 2.24) is 19.4 Å². The van der Waals surface area contributed by atoms with Crippen LogP contribution >= 0.6 is 11.3 Å². The Morgan fingerprint density at radius 3 is 2.82 bits per heavy atom. The molecule has 0 radical (unpaired) electrons. The van der Waals surface area contributed by atoms with E-state index >= 15 is 0 Å². The average molecular weight is 392 g/mol. The minimum atomic E-state index is -0.115. The van der Waals surface area contributed by atoms with Crippen LogP contribution in [0.5, 0.6) is 0 Å². The Kier molecular flexibility index (Phi) is 4.92. The molecular weight excluding hydrogens is 372 g/mol. The second kappa shape index (κ2) is 7.52. The molecule has 7 heteroatoms. The number of aryl methyl sites for hydroxylation is 2. The Morgan fingerprint density at radius 1 is 1.18 bits per heavy atom. The SMILES string of the molecule is Cc1cccc2c(=O)n(CCC(=O)N(C)Cc3nc4ccccc4s3)cnc12. The first-order chi connectivity index (χ1) is 13.5. The monoisotopic (exact) mass is 392 g/mol. The molecule has 0 N–H and O–H groups in total. The lowest BCUT2D eigenvalue weighted by Gasteiger charge is -2.16. The van der Waals surface area contributed by atoms with Crippen molar-refractivity contribution in [3.05, 3.63) is 69.7 Å². The first kappa shape index (κ1) is 18.3. The van der Waals surface area contributed by atoms with E-state index in [1.165, 1.54) is 10.9 Å². The molecule has 0 aliphatic rings. The van der Waals surface area contributed by atoms with Crippen molar-refractivity contribution in [3.63, 3.8) is 0 Å². The van der Waals surface area contributed by atoms with Crippen LogP contribution in [0.4, 0.5) is 0 Å². The Hall–Kier alpha value is -3.06. The number of para-hydroxylation sites is 2. The maximum atomic E-state index is 12.6. The molecule has 0 aliphatic heterocycles. The fourth-order valence-electron chi connectivity index (χ4n) is 3.18. The van der Waals surface area contributed by atoms with Gasteiger partial charge in [0.15, 0.2) is 0 Å². The van der Waals surface area contributed by atoms with E-state index in [0.29, 0.717) is 24.0 Å². The number of nitrogens with zero attached hydrogens (tertiary/aromatic N) is 4. The zero-order valence-corrected chi connectivity index (χ0v) is 16.6. The van der Waals surface area contributed by atoms with Gasteiger partial charge in [-0.3, -0.25) is 14.2 Å². The Morgan fingerprint density at radius 2 is 2.00 bits per heavy atom. The van der Waals surface area contributed by atoms with Gasteiger partial charge in [-0.25, -0.2) is 9.97 Å². The molecule has 2 heterocycles. The van der Waals surface area contributed by atoms with Gasteiger partial charge in [0.25, 0.3) is 5.56 Å². The maximum Gasteiger partial charge on any atom is 0.261 e. The normalized spacial score (nSPS) is 11.2. The third-order valence-corrected chi connectivity index (χ3v) is 5.78. The van der Waals surface area contributed by atoms with E-state index in [4.69, 9.17) is 0 Å². The standard InChI is InChI=1S/C21H20N4O2S/c1-14-6-5-7-15-20(14)22-13-25(21(15)27)11-10-19(26)24(2)12-18-23-16-8-3-4-9-17(16)28-18/h3-9,13H,10-12H2,1-2H3. The quantitative estimate of drug-likeness (QED) is 0.522. The van der Waals surface area contributed by atoms with Gasteiger partial charge in [0, 0.05) is 20.0 Å². The zero-order chi connectivity index (χ0) is 19.7. The molecular formula is C21H20N4O2S. The summed E-state index contributed by atoms with van der Waals surface area (Å²) in [4.78, 5) is 35.8. The molecule has 4 rings (SSSR count). The highest BCUT2D eigenvalue weighted by atomic mass is 32.1. The summed E-state index contributed by atoms with van der Waals surface area (Å²) >= 11 is 1.59. The van der Waals surface area contributed by atoms with Gasteiger partial charge in [0.1, 0.15) is 5.01 Å². The van der Waals surface area contributed by atoms with Crippen LogP contribution in [0.2, 0.25) is 0 Å². The van der Waals surface area contributed by atoms with Crippen LogP contribution in [0.15, 0.2) is 53.6 Å². The molecule has 2 aromatic carbocycles. The molecule has 142 valence electrons. The number of hydrogen-bond acceptors (Lipinski definition) is 5. The number of aromatic nitrogens is 3. The molecule has 0 spiro atoms. The lowest BCUT2D eigenvalue weighted by molar-refractivity contribution is -0.130. The number of fused-ring (bicyclic) bond motifs is 2. The molecule has 28 heavy (non-hydrogen) atoms. The first-order valence-corrected chi connectivity index (χ1v) is 9.88. The van der Waals surface area contributed by atoms with Crippen molar-refractivity contribution in [2.24, 2.45) is 0 Å². The lowest BCUT2D eigenvalue weighted by atomic mass is 10.1. The molecule has 0 saturated heterocycles. The van der Waals surface area contributed by atoms with Crippen molar-refractivity contribution < 1.29 is 4.79 Å². The van der Waals surface area contributed by atoms with Crippen LogP contribution in [0.25, 0.3) is 21.1 Å². The summed E-state index contributed by atoms with van der Waals surface area (Å²) < 4.78 is 2.62. The van der Waals surface area contributed by atoms with E-state index in [1.54, 1.807) is 29.4 Å². The van der Waals surface area contributed by atoms with Crippen molar-refractivity contribution in [1.29, 1.82) is 0 Å². The number of rotatable bonds is 5. The van der Waals surface area contributed by atoms with Gasteiger partial charge in [-0.1, -0.05) is 24.3 Å². The lowest BCUT2D eigenvalue weighted by Crippen LogP contribution is -2.29. The van der Waals surface area contributed by atoms with Gasteiger partial charge in [0.2, 0.25) is 5.91 Å². The fourth-order valence-corrected chi connectivity index (χ4v) is 4.20. The predicted molar refractivity (Wildman–Crippen MR) is 111 cm³/mol. The van der Waals surface area contributed by atoms with Crippen LogP contribution in [-0.2, 0) is 17.9 Å². The smallest absolute Gasteiger partial charge is 0.261 e. The van der Waals surface area contributed by atoms with E-state index < -0.39 is 0 Å². The van der Waals surface area contributed by atoms with E-state index in [-0.39, 0.29) is 17.9 Å². The van der Waals surface area contributed by atoms with Gasteiger partial charge in [-0.15, -0.1) is 11.3 Å². The second-order valence-electron chi connectivity index (χ2n) is 6.79. The highest BCUT2D eigenvalue weighted by Gasteiger charge is 2.13. The van der Waals surface area contributed by atoms with E-state index in [1.807, 2.05) is 43.3 Å². The van der Waals surface area contributed by atoms with Crippen LogP contribution in [0.1, 0.15) is 17.0 Å². The van der Waals surface area contributed by atoms with Crippen LogP contribution < -0.4 is 5.56 Å². The Labute approximate surface area is 166 Å². The van der Waals surface area contributed by atoms with E-state index in [0.717, 1.165) is 20.8 Å². The van der Waals surface area contributed by atoms with Gasteiger partial charge >= 0.3 is 0 Å². The molecule has 0 saturated carbocycles. The number of benzene rings is 2. The molecule has 4 aromatic rings. The van der Waals surface area contributed by atoms with Crippen molar-refractivity contribution in [3.8, 4) is 0 Å². The fraction of sp³-hybridized carbons (Fsp3) is 0.238. The van der Waals surface area contributed by atoms with Crippen LogP contribution in [0.3, 0.4) is 0 Å². The van der Waals surface area contributed by atoms with Gasteiger partial charge < -0.3 is 4.90 Å². The number of thiazole rings is 1. The topological polar surface area (TPSA) is 68.1 Å². The van der Waals surface area contributed by atoms with Gasteiger partial charge in [0.05, 0.1) is 34.0 Å².